The minimum Gasteiger partial charge on any atom is -0.409 e. The Kier molecular flexibility index (Phi) is 5.39. The van der Waals surface area contributed by atoms with E-state index in [1.807, 2.05) is 19.1 Å². The zero-order valence-electron chi connectivity index (χ0n) is 11.9. The molecule has 3 N–H and O–H groups in total. The van der Waals surface area contributed by atoms with Gasteiger partial charge in [0.15, 0.2) is 5.84 Å². The number of carbonyl (C=O) groups is 1. The van der Waals surface area contributed by atoms with Crippen molar-refractivity contribution in [1.29, 1.82) is 0 Å². The standard InChI is InChI=1S/C14H20ClN3O2/c1-4-14(2,12(16)17-20)13(19)18(3)9-10-6-5-7-11(15)8-10/h5-8,20H,4,9H2,1-3H3,(H2,16,17). The molecule has 0 bridgehead atoms. The van der Waals surface area contributed by atoms with Crippen molar-refractivity contribution in [2.75, 3.05) is 7.05 Å². The summed E-state index contributed by atoms with van der Waals surface area (Å²) in [5.74, 6) is -0.279. The first-order valence-electron chi connectivity index (χ1n) is 6.33. The van der Waals surface area contributed by atoms with Gasteiger partial charge in [0, 0.05) is 18.6 Å². The zero-order valence-corrected chi connectivity index (χ0v) is 12.7. The summed E-state index contributed by atoms with van der Waals surface area (Å²) in [5.41, 5.74) is 5.56. The van der Waals surface area contributed by atoms with Crippen LogP contribution in [0.15, 0.2) is 29.4 Å². The van der Waals surface area contributed by atoms with Crippen LogP contribution in [0.2, 0.25) is 5.02 Å². The molecule has 1 aromatic carbocycles. The Morgan fingerprint density at radius 3 is 2.70 bits per heavy atom. The van der Waals surface area contributed by atoms with E-state index in [0.29, 0.717) is 18.0 Å². The molecular weight excluding hydrogens is 278 g/mol. The second-order valence-electron chi connectivity index (χ2n) is 4.96. The summed E-state index contributed by atoms with van der Waals surface area (Å²) in [7, 11) is 1.68. The fourth-order valence-electron chi connectivity index (χ4n) is 1.95. The van der Waals surface area contributed by atoms with E-state index in [4.69, 9.17) is 22.5 Å². The van der Waals surface area contributed by atoms with Gasteiger partial charge in [0.2, 0.25) is 5.91 Å². The van der Waals surface area contributed by atoms with E-state index in [1.165, 1.54) is 0 Å². The van der Waals surface area contributed by atoms with Crippen LogP contribution in [-0.2, 0) is 11.3 Å². The molecule has 1 amide bonds. The summed E-state index contributed by atoms with van der Waals surface area (Å²) in [4.78, 5) is 14.1. The largest absolute Gasteiger partial charge is 0.409 e. The lowest BCUT2D eigenvalue weighted by molar-refractivity contribution is -0.137. The summed E-state index contributed by atoms with van der Waals surface area (Å²) < 4.78 is 0. The highest BCUT2D eigenvalue weighted by molar-refractivity contribution is 6.30. The van der Waals surface area contributed by atoms with Gasteiger partial charge in [0.25, 0.3) is 0 Å². The first kappa shape index (κ1) is 16.3. The number of amides is 1. The molecular formula is C14H20ClN3O2. The Hall–Kier alpha value is -1.75. The summed E-state index contributed by atoms with van der Waals surface area (Å²) >= 11 is 5.92. The Morgan fingerprint density at radius 2 is 2.20 bits per heavy atom. The molecule has 110 valence electrons. The van der Waals surface area contributed by atoms with E-state index in [0.717, 1.165) is 5.56 Å². The maximum absolute atomic E-state index is 12.5. The van der Waals surface area contributed by atoms with E-state index in [-0.39, 0.29) is 11.7 Å². The van der Waals surface area contributed by atoms with Crippen molar-refractivity contribution >= 4 is 23.3 Å². The lowest BCUT2D eigenvalue weighted by Gasteiger charge is -2.30. The number of nitrogens with two attached hydrogens (primary N) is 1. The third kappa shape index (κ3) is 3.42. The molecule has 0 aliphatic rings. The molecule has 0 heterocycles. The molecule has 1 unspecified atom stereocenters. The average molecular weight is 298 g/mol. The van der Waals surface area contributed by atoms with Crippen LogP contribution in [-0.4, -0.2) is 28.9 Å². The summed E-state index contributed by atoms with van der Waals surface area (Å²) in [5, 5.41) is 12.4. The van der Waals surface area contributed by atoms with Crippen LogP contribution in [0.3, 0.4) is 0 Å². The number of nitrogens with zero attached hydrogens (tertiary/aromatic N) is 2. The van der Waals surface area contributed by atoms with Crippen LogP contribution in [0.4, 0.5) is 0 Å². The first-order valence-corrected chi connectivity index (χ1v) is 6.71. The van der Waals surface area contributed by atoms with E-state index < -0.39 is 5.41 Å². The lowest BCUT2D eigenvalue weighted by Crippen LogP contribution is -2.47. The van der Waals surface area contributed by atoms with Crippen LogP contribution in [0.5, 0.6) is 0 Å². The topological polar surface area (TPSA) is 78.9 Å². The zero-order chi connectivity index (χ0) is 15.3. The number of amidine groups is 1. The fourth-order valence-corrected chi connectivity index (χ4v) is 2.17. The molecule has 6 heteroatoms. The van der Waals surface area contributed by atoms with E-state index >= 15 is 0 Å². The van der Waals surface area contributed by atoms with Gasteiger partial charge in [-0.1, -0.05) is 35.8 Å². The third-order valence-electron chi connectivity index (χ3n) is 3.51. The van der Waals surface area contributed by atoms with E-state index in [1.54, 1.807) is 31.0 Å². The molecule has 0 aliphatic carbocycles. The average Bonchev–Trinajstić information content (AvgIpc) is 2.44. The van der Waals surface area contributed by atoms with Crippen LogP contribution in [0, 0.1) is 5.41 Å². The van der Waals surface area contributed by atoms with Crippen molar-refractivity contribution in [3.63, 3.8) is 0 Å². The molecule has 0 saturated carbocycles. The normalized spacial score (nSPS) is 14.7. The van der Waals surface area contributed by atoms with Gasteiger partial charge in [-0.2, -0.15) is 0 Å². The minimum atomic E-state index is -1.01. The molecule has 0 aliphatic heterocycles. The Labute approximate surface area is 124 Å². The van der Waals surface area contributed by atoms with Crippen molar-refractivity contribution in [1.82, 2.24) is 4.90 Å². The number of rotatable bonds is 5. The number of hydrogen-bond donors (Lipinski definition) is 2. The molecule has 0 aromatic heterocycles. The predicted molar refractivity (Wildman–Crippen MR) is 79.7 cm³/mol. The van der Waals surface area contributed by atoms with Gasteiger partial charge in [-0.3, -0.25) is 4.79 Å². The number of oxime groups is 1. The molecule has 0 spiro atoms. The van der Waals surface area contributed by atoms with Gasteiger partial charge >= 0.3 is 0 Å². The maximum Gasteiger partial charge on any atom is 0.236 e. The van der Waals surface area contributed by atoms with Crippen LogP contribution < -0.4 is 5.73 Å². The van der Waals surface area contributed by atoms with E-state index in [2.05, 4.69) is 5.16 Å². The summed E-state index contributed by atoms with van der Waals surface area (Å²) in [6.45, 7) is 3.90. The molecule has 1 atom stereocenters. The van der Waals surface area contributed by atoms with Gasteiger partial charge in [-0.15, -0.1) is 0 Å². The van der Waals surface area contributed by atoms with Crippen LogP contribution >= 0.6 is 11.6 Å². The second-order valence-corrected chi connectivity index (χ2v) is 5.40. The number of hydrogen-bond acceptors (Lipinski definition) is 3. The number of benzene rings is 1. The number of carbonyl (C=O) groups excluding carboxylic acids is 1. The SMILES string of the molecule is CCC(C)(C(=O)N(C)Cc1cccc(Cl)c1)/C(N)=N/O. The van der Waals surface area contributed by atoms with Gasteiger partial charge in [-0.25, -0.2) is 0 Å². The maximum atomic E-state index is 12.5. The van der Waals surface area contributed by atoms with Crippen LogP contribution in [0.25, 0.3) is 0 Å². The monoisotopic (exact) mass is 297 g/mol. The quantitative estimate of drug-likeness (QED) is 0.379. The second kappa shape index (κ2) is 6.61. The first-order chi connectivity index (χ1) is 9.35. The third-order valence-corrected chi connectivity index (χ3v) is 3.74. The van der Waals surface area contributed by atoms with Crippen molar-refractivity contribution in [2.45, 2.75) is 26.8 Å². The summed E-state index contributed by atoms with van der Waals surface area (Å²) in [6, 6.07) is 7.30. The molecule has 0 fully saturated rings. The van der Waals surface area contributed by atoms with Gasteiger partial charge in [0.05, 0.1) is 0 Å². The summed E-state index contributed by atoms with van der Waals surface area (Å²) in [6.07, 6.45) is 0.446. The predicted octanol–water partition coefficient (Wildman–Crippen LogP) is 2.46. The number of halogens is 1. The molecule has 1 aromatic rings. The van der Waals surface area contributed by atoms with Crippen molar-refractivity contribution in [3.8, 4) is 0 Å². The fraction of sp³-hybridized carbons (Fsp3) is 0.429. The smallest absolute Gasteiger partial charge is 0.236 e. The van der Waals surface area contributed by atoms with Gasteiger partial charge in [0.1, 0.15) is 5.41 Å². The van der Waals surface area contributed by atoms with Crippen molar-refractivity contribution < 1.29 is 10.0 Å². The highest BCUT2D eigenvalue weighted by atomic mass is 35.5. The van der Waals surface area contributed by atoms with Crippen molar-refractivity contribution in [2.24, 2.45) is 16.3 Å². The Morgan fingerprint density at radius 1 is 1.55 bits per heavy atom. The highest BCUT2D eigenvalue weighted by Crippen LogP contribution is 2.25. The molecule has 1 rings (SSSR count). The molecule has 0 radical (unpaired) electrons. The van der Waals surface area contributed by atoms with Gasteiger partial charge < -0.3 is 15.8 Å². The molecule has 0 saturated heterocycles. The highest BCUT2D eigenvalue weighted by Gasteiger charge is 2.38. The Balaban J connectivity index is 2.91. The lowest BCUT2D eigenvalue weighted by atomic mass is 9.84. The van der Waals surface area contributed by atoms with E-state index in [9.17, 15) is 4.79 Å². The van der Waals surface area contributed by atoms with Crippen LogP contribution in [0.1, 0.15) is 25.8 Å². The molecule has 5 nitrogen and oxygen atoms in total. The molecule has 20 heavy (non-hydrogen) atoms. The van der Waals surface area contributed by atoms with Gasteiger partial charge in [-0.05, 0) is 31.0 Å². The Bertz CT molecular complexity index is 519. The minimum absolute atomic E-state index is 0.0806. The van der Waals surface area contributed by atoms with Crippen molar-refractivity contribution in [3.05, 3.63) is 34.9 Å².